The lowest BCUT2D eigenvalue weighted by molar-refractivity contribution is -0.117. The van der Waals surface area contributed by atoms with Crippen molar-refractivity contribution in [2.24, 2.45) is 5.92 Å². The lowest BCUT2D eigenvalue weighted by Crippen LogP contribution is -2.41. The Labute approximate surface area is 125 Å². The summed E-state index contributed by atoms with van der Waals surface area (Å²) in [4.78, 5) is 12.0. The molecule has 0 saturated carbocycles. The van der Waals surface area contributed by atoms with Crippen LogP contribution in [0, 0.1) is 30.0 Å². The van der Waals surface area contributed by atoms with Crippen molar-refractivity contribution < 1.29 is 9.18 Å². The van der Waals surface area contributed by atoms with Crippen molar-refractivity contribution in [1.82, 2.24) is 5.32 Å². The molecule has 0 saturated heterocycles. The summed E-state index contributed by atoms with van der Waals surface area (Å²) in [7, 11) is 0. The van der Waals surface area contributed by atoms with E-state index >= 15 is 0 Å². The summed E-state index contributed by atoms with van der Waals surface area (Å²) in [5.41, 5.74) is 1.24. The topological polar surface area (TPSA) is 52.9 Å². The second kappa shape index (κ2) is 6.53. The van der Waals surface area contributed by atoms with Gasteiger partial charge in [0.05, 0.1) is 6.07 Å². The molecule has 1 rings (SSSR count). The minimum atomic E-state index is -0.922. The molecule has 1 N–H and O–H groups in total. The van der Waals surface area contributed by atoms with Crippen molar-refractivity contribution in [2.75, 3.05) is 0 Å². The Morgan fingerprint density at radius 1 is 1.43 bits per heavy atom. The summed E-state index contributed by atoms with van der Waals surface area (Å²) in [6, 6.07) is 6.81. The van der Waals surface area contributed by atoms with Gasteiger partial charge in [-0.3, -0.25) is 4.79 Å². The van der Waals surface area contributed by atoms with Crippen LogP contribution in [0.1, 0.15) is 38.8 Å². The van der Waals surface area contributed by atoms with Crippen molar-refractivity contribution in [3.63, 3.8) is 0 Å². The van der Waals surface area contributed by atoms with E-state index in [1.807, 2.05) is 19.9 Å². The molecule has 0 aliphatic carbocycles. The number of rotatable bonds is 4. The maximum absolute atomic E-state index is 13.4. The first-order chi connectivity index (χ1) is 9.66. The first-order valence-corrected chi connectivity index (χ1v) is 6.88. The molecule has 0 aliphatic heterocycles. The SMILES string of the molecule is Cc1cc(/C(=C/C(=O)NC(C)(C)C#N)C(C)C)ccc1F. The van der Waals surface area contributed by atoms with Crippen molar-refractivity contribution in [1.29, 1.82) is 5.26 Å². The van der Waals surface area contributed by atoms with Crippen LogP contribution in [-0.4, -0.2) is 11.4 Å². The number of hydrogen-bond acceptors (Lipinski definition) is 2. The third-order valence-electron chi connectivity index (χ3n) is 3.12. The molecule has 112 valence electrons. The van der Waals surface area contributed by atoms with Gasteiger partial charge in [-0.25, -0.2) is 4.39 Å². The first kappa shape index (κ1) is 16.9. The summed E-state index contributed by atoms with van der Waals surface area (Å²) in [6.45, 7) is 8.89. The molecule has 0 bridgehead atoms. The number of benzene rings is 1. The van der Waals surface area contributed by atoms with Gasteiger partial charge in [-0.1, -0.05) is 19.9 Å². The molecule has 0 unspecified atom stereocenters. The number of nitrogens with zero attached hydrogens (tertiary/aromatic N) is 1. The fourth-order valence-corrected chi connectivity index (χ4v) is 1.92. The zero-order valence-corrected chi connectivity index (χ0v) is 13.1. The van der Waals surface area contributed by atoms with E-state index in [4.69, 9.17) is 5.26 Å². The van der Waals surface area contributed by atoms with Crippen LogP contribution < -0.4 is 5.32 Å². The predicted molar refractivity (Wildman–Crippen MR) is 81.8 cm³/mol. The number of nitriles is 1. The highest BCUT2D eigenvalue weighted by Crippen LogP contribution is 2.24. The second-order valence-electron chi connectivity index (χ2n) is 5.94. The molecule has 1 aromatic rings. The Kier molecular flexibility index (Phi) is 5.26. The minimum Gasteiger partial charge on any atom is -0.335 e. The average Bonchev–Trinajstić information content (AvgIpc) is 2.38. The van der Waals surface area contributed by atoms with E-state index in [-0.39, 0.29) is 17.6 Å². The molecule has 3 nitrogen and oxygen atoms in total. The third-order valence-corrected chi connectivity index (χ3v) is 3.12. The highest BCUT2D eigenvalue weighted by molar-refractivity contribution is 5.96. The molecule has 0 aliphatic rings. The largest absolute Gasteiger partial charge is 0.335 e. The summed E-state index contributed by atoms with van der Waals surface area (Å²) in [6.07, 6.45) is 1.48. The Hall–Kier alpha value is -2.15. The number of carbonyl (C=O) groups excluding carboxylic acids is 1. The molecule has 0 spiro atoms. The number of amides is 1. The van der Waals surface area contributed by atoms with Gasteiger partial charge in [0.1, 0.15) is 11.4 Å². The van der Waals surface area contributed by atoms with Crippen molar-refractivity contribution >= 4 is 11.5 Å². The van der Waals surface area contributed by atoms with Gasteiger partial charge in [-0.05, 0) is 55.5 Å². The van der Waals surface area contributed by atoms with Crippen molar-refractivity contribution in [3.8, 4) is 6.07 Å². The molecule has 0 fully saturated rings. The number of halogens is 1. The number of carbonyl (C=O) groups is 1. The van der Waals surface area contributed by atoms with Gasteiger partial charge >= 0.3 is 0 Å². The number of aryl methyl sites for hydroxylation is 1. The van der Waals surface area contributed by atoms with Gasteiger partial charge in [-0.2, -0.15) is 5.26 Å². The maximum Gasteiger partial charge on any atom is 0.245 e. The molecule has 0 radical (unpaired) electrons. The van der Waals surface area contributed by atoms with E-state index in [0.29, 0.717) is 5.56 Å². The monoisotopic (exact) mass is 288 g/mol. The van der Waals surface area contributed by atoms with Gasteiger partial charge < -0.3 is 5.32 Å². The van der Waals surface area contributed by atoms with Gasteiger partial charge in [-0.15, -0.1) is 0 Å². The molecule has 1 aromatic carbocycles. The number of allylic oxidation sites excluding steroid dienone is 1. The molecular formula is C17H21FN2O. The summed E-state index contributed by atoms with van der Waals surface area (Å²) >= 11 is 0. The third kappa shape index (κ3) is 4.71. The van der Waals surface area contributed by atoms with E-state index < -0.39 is 5.54 Å². The van der Waals surface area contributed by atoms with Crippen molar-refractivity contribution in [2.45, 2.75) is 40.2 Å². The van der Waals surface area contributed by atoms with Crippen LogP contribution in [0.3, 0.4) is 0 Å². The normalized spacial score (nSPS) is 12.2. The van der Waals surface area contributed by atoms with E-state index in [2.05, 4.69) is 5.32 Å². The smallest absolute Gasteiger partial charge is 0.245 e. The quantitative estimate of drug-likeness (QED) is 0.861. The zero-order valence-electron chi connectivity index (χ0n) is 13.1. The van der Waals surface area contributed by atoms with Crippen LogP contribution in [0.2, 0.25) is 0 Å². The van der Waals surface area contributed by atoms with Crippen LogP contribution in [0.25, 0.3) is 5.57 Å². The van der Waals surface area contributed by atoms with Crippen LogP contribution in [0.4, 0.5) is 4.39 Å². The molecule has 1 amide bonds. The maximum atomic E-state index is 13.4. The summed E-state index contributed by atoms with van der Waals surface area (Å²) < 4.78 is 13.4. The lowest BCUT2D eigenvalue weighted by atomic mass is 9.93. The Morgan fingerprint density at radius 2 is 2.05 bits per heavy atom. The van der Waals surface area contributed by atoms with Gasteiger partial charge in [0.2, 0.25) is 5.91 Å². The van der Waals surface area contributed by atoms with Gasteiger partial charge in [0.25, 0.3) is 0 Å². The standard InChI is InChI=1S/C17H21FN2O/c1-11(2)14(9-16(21)20-17(4,5)10-19)13-6-7-15(18)12(3)8-13/h6-9,11H,1-5H3,(H,20,21)/b14-9+. The first-order valence-electron chi connectivity index (χ1n) is 6.88. The van der Waals surface area contributed by atoms with Crippen LogP contribution in [0.5, 0.6) is 0 Å². The number of nitrogens with one attached hydrogen (secondary N) is 1. The summed E-state index contributed by atoms with van der Waals surface area (Å²) in [5.74, 6) is -0.491. The Bertz CT molecular complexity index is 610. The zero-order chi connectivity index (χ0) is 16.2. The molecule has 0 aromatic heterocycles. The highest BCUT2D eigenvalue weighted by atomic mass is 19.1. The second-order valence-corrected chi connectivity index (χ2v) is 5.94. The molecule has 21 heavy (non-hydrogen) atoms. The van der Waals surface area contributed by atoms with Gasteiger partial charge in [0.15, 0.2) is 0 Å². The van der Waals surface area contributed by atoms with E-state index in [1.165, 1.54) is 12.1 Å². The fourth-order valence-electron chi connectivity index (χ4n) is 1.92. The summed E-state index contributed by atoms with van der Waals surface area (Å²) in [5, 5.41) is 11.6. The van der Waals surface area contributed by atoms with Crippen LogP contribution >= 0.6 is 0 Å². The molecule has 0 heterocycles. The Balaban J connectivity index is 3.12. The molecule has 4 heteroatoms. The van der Waals surface area contributed by atoms with Crippen molar-refractivity contribution in [3.05, 3.63) is 41.2 Å². The fraction of sp³-hybridized carbons (Fsp3) is 0.412. The van der Waals surface area contributed by atoms with Crippen LogP contribution in [0.15, 0.2) is 24.3 Å². The Morgan fingerprint density at radius 3 is 2.52 bits per heavy atom. The lowest BCUT2D eigenvalue weighted by Gasteiger charge is -2.18. The van der Waals surface area contributed by atoms with Gasteiger partial charge in [0, 0.05) is 6.08 Å². The molecular weight excluding hydrogens is 267 g/mol. The van der Waals surface area contributed by atoms with E-state index in [1.54, 1.807) is 32.9 Å². The predicted octanol–water partition coefficient (Wildman–Crippen LogP) is 3.59. The average molecular weight is 288 g/mol. The number of hydrogen-bond donors (Lipinski definition) is 1. The molecule has 0 atom stereocenters. The van der Waals surface area contributed by atoms with E-state index in [0.717, 1.165) is 11.1 Å². The minimum absolute atomic E-state index is 0.103. The van der Waals surface area contributed by atoms with E-state index in [9.17, 15) is 9.18 Å². The highest BCUT2D eigenvalue weighted by Gasteiger charge is 2.19. The van der Waals surface area contributed by atoms with Crippen LogP contribution in [-0.2, 0) is 4.79 Å².